The fourth-order valence-electron chi connectivity index (χ4n) is 1.76. The summed E-state index contributed by atoms with van der Waals surface area (Å²) in [4.78, 5) is 0.994. The number of hydrogen-bond acceptors (Lipinski definition) is 3. The van der Waals surface area contributed by atoms with E-state index in [4.69, 9.17) is 11.6 Å². The van der Waals surface area contributed by atoms with Crippen LogP contribution in [0, 0.1) is 11.3 Å². The predicted octanol–water partition coefficient (Wildman–Crippen LogP) is 5.83. The highest BCUT2D eigenvalue weighted by atomic mass is 79.9. The highest BCUT2D eigenvalue weighted by molar-refractivity contribution is 9.10. The van der Waals surface area contributed by atoms with Crippen molar-refractivity contribution in [2.24, 2.45) is 0 Å². The average Bonchev–Trinajstić information content (AvgIpc) is 2.44. The summed E-state index contributed by atoms with van der Waals surface area (Å²) in [7, 11) is 0. The van der Waals surface area contributed by atoms with Crippen LogP contribution in [0.2, 0.25) is 5.02 Å². The Balaban J connectivity index is 2.35. The molecule has 0 unspecified atom stereocenters. The van der Waals surface area contributed by atoms with E-state index in [2.05, 4.69) is 34.2 Å². The molecule has 102 valence electrons. The molecule has 0 atom stereocenters. The molecule has 0 fully saturated rings. The van der Waals surface area contributed by atoms with Crippen molar-refractivity contribution >= 4 is 50.7 Å². The van der Waals surface area contributed by atoms with Crippen LogP contribution in [0.3, 0.4) is 0 Å². The second-order valence-corrected chi connectivity index (χ2v) is 6.54. The zero-order chi connectivity index (χ0) is 14.5. The Hall–Kier alpha value is -1.15. The summed E-state index contributed by atoms with van der Waals surface area (Å²) >= 11 is 11.0. The van der Waals surface area contributed by atoms with Crippen molar-refractivity contribution < 1.29 is 0 Å². The van der Waals surface area contributed by atoms with Gasteiger partial charge in [0.15, 0.2) is 0 Å². The van der Waals surface area contributed by atoms with Crippen LogP contribution in [0.4, 0.5) is 11.4 Å². The summed E-state index contributed by atoms with van der Waals surface area (Å²) in [6.07, 6.45) is 0. The van der Waals surface area contributed by atoms with E-state index in [9.17, 15) is 5.26 Å². The van der Waals surface area contributed by atoms with Gasteiger partial charge in [-0.15, -0.1) is 11.8 Å². The number of nitrogens with zero attached hydrogens (tertiary/aromatic N) is 1. The van der Waals surface area contributed by atoms with Crippen LogP contribution in [-0.2, 0) is 0 Å². The number of benzene rings is 2. The Labute approximate surface area is 136 Å². The van der Waals surface area contributed by atoms with Gasteiger partial charge in [0, 0.05) is 15.1 Å². The summed E-state index contributed by atoms with van der Waals surface area (Å²) in [5.41, 5.74) is 2.36. The van der Waals surface area contributed by atoms with E-state index in [-0.39, 0.29) is 0 Å². The molecule has 0 saturated heterocycles. The lowest BCUT2D eigenvalue weighted by Crippen LogP contribution is -1.95. The fourth-order valence-corrected chi connectivity index (χ4v) is 3.04. The summed E-state index contributed by atoms with van der Waals surface area (Å²) in [6.45, 7) is 2.07. The van der Waals surface area contributed by atoms with E-state index in [1.54, 1.807) is 11.8 Å². The van der Waals surface area contributed by atoms with Gasteiger partial charge < -0.3 is 5.32 Å². The van der Waals surface area contributed by atoms with Crippen molar-refractivity contribution in [2.75, 3.05) is 11.1 Å². The third-order valence-corrected chi connectivity index (χ3v) is 4.79. The standard InChI is InChI=1S/C15H12BrClN2S/c1-2-20-15-5-3-4-14(11(15)9-18)19-10-6-7-13(17)12(16)8-10/h3-8,19H,2H2,1H3. The molecule has 0 spiro atoms. The molecule has 0 amide bonds. The maximum absolute atomic E-state index is 9.37. The first-order valence-electron chi connectivity index (χ1n) is 6.03. The Morgan fingerprint density at radius 2 is 2.15 bits per heavy atom. The number of nitriles is 1. The molecule has 0 saturated carbocycles. The molecule has 0 aliphatic heterocycles. The lowest BCUT2D eigenvalue weighted by molar-refractivity contribution is 1.34. The van der Waals surface area contributed by atoms with Crippen molar-refractivity contribution in [3.63, 3.8) is 0 Å². The van der Waals surface area contributed by atoms with Gasteiger partial charge in [0.25, 0.3) is 0 Å². The molecule has 2 aromatic rings. The Morgan fingerprint density at radius 1 is 1.35 bits per heavy atom. The summed E-state index contributed by atoms with van der Waals surface area (Å²) in [5.74, 6) is 0.935. The van der Waals surface area contributed by atoms with E-state index in [0.717, 1.165) is 26.5 Å². The van der Waals surface area contributed by atoms with Gasteiger partial charge in [0.2, 0.25) is 0 Å². The number of thioether (sulfide) groups is 1. The maximum atomic E-state index is 9.37. The largest absolute Gasteiger partial charge is 0.354 e. The monoisotopic (exact) mass is 366 g/mol. The minimum Gasteiger partial charge on any atom is -0.354 e. The first kappa shape index (κ1) is 15.2. The molecular weight excluding hydrogens is 356 g/mol. The fraction of sp³-hybridized carbons (Fsp3) is 0.133. The predicted molar refractivity (Wildman–Crippen MR) is 90.0 cm³/mol. The molecule has 20 heavy (non-hydrogen) atoms. The number of anilines is 2. The molecule has 1 N–H and O–H groups in total. The molecule has 0 aliphatic carbocycles. The van der Waals surface area contributed by atoms with Gasteiger partial charge >= 0.3 is 0 Å². The van der Waals surface area contributed by atoms with Crippen LogP contribution >= 0.6 is 39.3 Å². The number of rotatable bonds is 4. The molecule has 0 bridgehead atoms. The third-order valence-electron chi connectivity index (χ3n) is 2.64. The molecule has 0 heterocycles. The van der Waals surface area contributed by atoms with Gasteiger partial charge in [-0.3, -0.25) is 0 Å². The van der Waals surface area contributed by atoms with E-state index in [1.807, 2.05) is 36.4 Å². The summed E-state index contributed by atoms with van der Waals surface area (Å²) in [5, 5.41) is 13.3. The number of hydrogen-bond donors (Lipinski definition) is 1. The second kappa shape index (κ2) is 7.03. The summed E-state index contributed by atoms with van der Waals surface area (Å²) in [6, 6.07) is 13.7. The lowest BCUT2D eigenvalue weighted by atomic mass is 10.2. The molecule has 0 aliphatic rings. The Morgan fingerprint density at radius 3 is 2.80 bits per heavy atom. The Bertz CT molecular complexity index is 667. The number of halogens is 2. The summed E-state index contributed by atoms with van der Waals surface area (Å²) < 4.78 is 0.821. The van der Waals surface area contributed by atoms with Crippen molar-refractivity contribution in [1.82, 2.24) is 0 Å². The molecular formula is C15H12BrClN2S. The van der Waals surface area contributed by atoms with Crippen molar-refractivity contribution in [3.8, 4) is 6.07 Å². The Kier molecular flexibility index (Phi) is 5.36. The van der Waals surface area contributed by atoms with Crippen molar-refractivity contribution in [1.29, 1.82) is 5.26 Å². The zero-order valence-corrected chi connectivity index (χ0v) is 13.9. The van der Waals surface area contributed by atoms with Crippen molar-refractivity contribution in [3.05, 3.63) is 51.5 Å². The van der Waals surface area contributed by atoms with Crippen LogP contribution in [0.1, 0.15) is 12.5 Å². The minimum absolute atomic E-state index is 0.659. The van der Waals surface area contributed by atoms with Crippen LogP contribution in [0.15, 0.2) is 45.8 Å². The van der Waals surface area contributed by atoms with Gasteiger partial charge in [-0.2, -0.15) is 5.26 Å². The van der Waals surface area contributed by atoms with Gasteiger partial charge in [-0.05, 0) is 52.0 Å². The third kappa shape index (κ3) is 3.49. The van der Waals surface area contributed by atoms with Crippen LogP contribution < -0.4 is 5.32 Å². The number of nitrogens with one attached hydrogen (secondary N) is 1. The van der Waals surface area contributed by atoms with Crippen LogP contribution in [0.25, 0.3) is 0 Å². The molecule has 5 heteroatoms. The van der Waals surface area contributed by atoms with Crippen molar-refractivity contribution in [2.45, 2.75) is 11.8 Å². The average molecular weight is 368 g/mol. The van der Waals surface area contributed by atoms with Crippen LogP contribution in [0.5, 0.6) is 0 Å². The quantitative estimate of drug-likeness (QED) is 0.691. The second-order valence-electron chi connectivity index (χ2n) is 3.98. The normalized spacial score (nSPS) is 10.1. The smallest absolute Gasteiger partial charge is 0.103 e. The minimum atomic E-state index is 0.659. The topological polar surface area (TPSA) is 35.8 Å². The van der Waals surface area contributed by atoms with E-state index in [1.165, 1.54) is 0 Å². The highest BCUT2D eigenvalue weighted by Crippen LogP contribution is 2.32. The van der Waals surface area contributed by atoms with E-state index in [0.29, 0.717) is 10.6 Å². The maximum Gasteiger partial charge on any atom is 0.103 e. The van der Waals surface area contributed by atoms with Gasteiger partial charge in [-0.25, -0.2) is 0 Å². The zero-order valence-electron chi connectivity index (χ0n) is 10.8. The molecule has 2 rings (SSSR count). The lowest BCUT2D eigenvalue weighted by Gasteiger charge is -2.11. The molecule has 2 nitrogen and oxygen atoms in total. The highest BCUT2D eigenvalue weighted by Gasteiger charge is 2.08. The first-order valence-corrected chi connectivity index (χ1v) is 8.19. The molecule has 0 radical (unpaired) electrons. The van der Waals surface area contributed by atoms with Gasteiger partial charge in [-0.1, -0.05) is 24.6 Å². The van der Waals surface area contributed by atoms with Gasteiger partial charge in [0.05, 0.1) is 16.3 Å². The van der Waals surface area contributed by atoms with E-state index < -0.39 is 0 Å². The SMILES string of the molecule is CCSc1cccc(Nc2ccc(Cl)c(Br)c2)c1C#N. The first-order chi connectivity index (χ1) is 9.65. The molecule has 2 aromatic carbocycles. The van der Waals surface area contributed by atoms with Crippen LogP contribution in [-0.4, -0.2) is 5.75 Å². The molecule has 0 aromatic heterocycles. The van der Waals surface area contributed by atoms with Gasteiger partial charge in [0.1, 0.15) is 6.07 Å². The van der Waals surface area contributed by atoms with E-state index >= 15 is 0 Å².